The number of H-pyrrole nitrogens is 1. The highest BCUT2D eigenvalue weighted by molar-refractivity contribution is 5.74. The summed E-state index contributed by atoms with van der Waals surface area (Å²) >= 11 is 0. The van der Waals surface area contributed by atoms with Gasteiger partial charge >= 0.3 is 0 Å². The number of hydrogen-bond donors (Lipinski definition) is 1. The van der Waals surface area contributed by atoms with Gasteiger partial charge in [-0.15, -0.1) is 0 Å². The summed E-state index contributed by atoms with van der Waals surface area (Å²) in [6, 6.07) is 3.15. The van der Waals surface area contributed by atoms with Crippen LogP contribution >= 0.6 is 0 Å². The standard InChI is InChI=1S/C7H4FN2/c8-6-3-5-1-2-9-7(5)10-4-6/h1-3H,(H,9,10). The Bertz CT molecular complexity index is 353. The molecule has 3 heteroatoms. The maximum Gasteiger partial charge on any atom is 0.151 e. The third-order valence-electron chi connectivity index (χ3n) is 1.31. The lowest BCUT2D eigenvalue weighted by atomic mass is 10.3. The predicted molar refractivity (Wildman–Crippen MR) is 34.9 cm³/mol. The van der Waals surface area contributed by atoms with Crippen LogP contribution in [0.2, 0.25) is 0 Å². The van der Waals surface area contributed by atoms with Gasteiger partial charge in [0.1, 0.15) is 11.8 Å². The largest absolute Gasteiger partial charge is 0.346 e. The number of rotatable bonds is 0. The van der Waals surface area contributed by atoms with Crippen LogP contribution in [0.25, 0.3) is 11.0 Å². The van der Waals surface area contributed by atoms with E-state index in [-0.39, 0.29) is 0 Å². The highest BCUT2D eigenvalue weighted by Gasteiger charge is 1.95. The Labute approximate surface area is 56.7 Å². The smallest absolute Gasteiger partial charge is 0.151 e. The molecule has 1 N–H and O–H groups in total. The normalized spacial score (nSPS) is 10.5. The molecular formula is C7H4FN2. The number of hydrogen-bond acceptors (Lipinski definition) is 1. The van der Waals surface area contributed by atoms with Gasteiger partial charge in [-0.1, -0.05) is 0 Å². The minimum Gasteiger partial charge on any atom is -0.346 e. The molecule has 2 nitrogen and oxygen atoms in total. The van der Waals surface area contributed by atoms with Crippen LogP contribution in [0.4, 0.5) is 4.39 Å². The molecule has 0 spiro atoms. The Morgan fingerprint density at radius 1 is 1.60 bits per heavy atom. The highest BCUT2D eigenvalue weighted by atomic mass is 19.1. The lowest BCUT2D eigenvalue weighted by Crippen LogP contribution is -1.78. The van der Waals surface area contributed by atoms with E-state index >= 15 is 0 Å². The van der Waals surface area contributed by atoms with Gasteiger partial charge in [0, 0.05) is 11.6 Å². The van der Waals surface area contributed by atoms with E-state index in [1.165, 1.54) is 6.07 Å². The van der Waals surface area contributed by atoms with Gasteiger partial charge in [0.15, 0.2) is 5.82 Å². The van der Waals surface area contributed by atoms with Gasteiger partial charge in [-0.25, -0.2) is 9.37 Å². The second-order valence-corrected chi connectivity index (χ2v) is 2.00. The van der Waals surface area contributed by atoms with Crippen molar-refractivity contribution in [3.8, 4) is 0 Å². The summed E-state index contributed by atoms with van der Waals surface area (Å²) in [5, 5.41) is 0.774. The van der Waals surface area contributed by atoms with Gasteiger partial charge in [-0.2, -0.15) is 0 Å². The van der Waals surface area contributed by atoms with E-state index in [0.717, 1.165) is 5.39 Å². The Morgan fingerprint density at radius 3 is 3.40 bits per heavy atom. The van der Waals surface area contributed by atoms with Crippen molar-refractivity contribution in [1.82, 2.24) is 9.97 Å². The monoisotopic (exact) mass is 135 g/mol. The van der Waals surface area contributed by atoms with Crippen molar-refractivity contribution < 1.29 is 4.39 Å². The van der Waals surface area contributed by atoms with Crippen LogP contribution in [-0.2, 0) is 0 Å². The van der Waals surface area contributed by atoms with Crippen LogP contribution in [0.3, 0.4) is 0 Å². The summed E-state index contributed by atoms with van der Waals surface area (Å²) in [7, 11) is 0. The summed E-state index contributed by atoms with van der Waals surface area (Å²) in [5.41, 5.74) is 0.668. The summed E-state index contributed by atoms with van der Waals surface area (Å²) < 4.78 is 12.4. The second kappa shape index (κ2) is 1.80. The maximum absolute atomic E-state index is 12.4. The zero-order chi connectivity index (χ0) is 6.97. The number of halogens is 1. The van der Waals surface area contributed by atoms with Crippen LogP contribution < -0.4 is 0 Å². The van der Waals surface area contributed by atoms with Gasteiger partial charge in [0.05, 0.1) is 0 Å². The minimum atomic E-state index is -0.424. The Balaban J connectivity index is 2.86. The molecule has 0 aliphatic rings. The summed E-state index contributed by atoms with van der Waals surface area (Å²) in [4.78, 5) is 6.52. The number of nitrogens with one attached hydrogen (secondary N) is 1. The van der Waals surface area contributed by atoms with Crippen molar-refractivity contribution in [1.29, 1.82) is 0 Å². The Hall–Kier alpha value is -1.38. The summed E-state index contributed by atoms with van der Waals surface area (Å²) in [6.07, 6.45) is 3.93. The highest BCUT2D eigenvalue weighted by Crippen LogP contribution is 2.08. The summed E-state index contributed by atoms with van der Waals surface area (Å²) in [5.74, 6) is -0.424. The van der Waals surface area contributed by atoms with Gasteiger partial charge in [0.2, 0.25) is 0 Å². The van der Waals surface area contributed by atoms with E-state index in [1.807, 2.05) is 0 Å². The maximum atomic E-state index is 12.4. The molecule has 2 aromatic heterocycles. The lowest BCUT2D eigenvalue weighted by molar-refractivity contribution is 0.621. The fraction of sp³-hybridized carbons (Fsp3) is 0. The van der Waals surface area contributed by atoms with Crippen molar-refractivity contribution in [2.24, 2.45) is 0 Å². The van der Waals surface area contributed by atoms with Crippen LogP contribution in [0, 0.1) is 12.0 Å². The molecule has 2 rings (SSSR count). The lowest BCUT2D eigenvalue weighted by Gasteiger charge is -1.85. The number of fused-ring (bicyclic) bond motifs is 1. The summed E-state index contributed by atoms with van der Waals surface area (Å²) in [6.45, 7) is 0. The fourth-order valence-electron chi connectivity index (χ4n) is 0.864. The van der Waals surface area contributed by atoms with Crippen LogP contribution in [0.5, 0.6) is 0 Å². The van der Waals surface area contributed by atoms with E-state index in [1.54, 1.807) is 12.3 Å². The van der Waals surface area contributed by atoms with E-state index in [4.69, 9.17) is 0 Å². The van der Waals surface area contributed by atoms with Crippen molar-refractivity contribution in [2.45, 2.75) is 0 Å². The first-order valence-electron chi connectivity index (χ1n) is 2.87. The van der Waals surface area contributed by atoms with Crippen LogP contribution in [0.1, 0.15) is 0 Å². The molecule has 0 saturated carbocycles. The fourth-order valence-corrected chi connectivity index (χ4v) is 0.864. The third-order valence-corrected chi connectivity index (χ3v) is 1.31. The zero-order valence-electron chi connectivity index (χ0n) is 5.06. The molecular weight excluding hydrogens is 131 g/mol. The second-order valence-electron chi connectivity index (χ2n) is 2.00. The molecule has 49 valence electrons. The SMILES string of the molecule is Fc1[c]nc2[nH]ccc2c1. The third kappa shape index (κ3) is 0.673. The van der Waals surface area contributed by atoms with Gasteiger partial charge < -0.3 is 4.98 Å². The Kier molecular flexibility index (Phi) is 0.974. The first kappa shape index (κ1) is 5.41. The van der Waals surface area contributed by atoms with Gasteiger partial charge in [0.25, 0.3) is 0 Å². The molecule has 0 atom stereocenters. The van der Waals surface area contributed by atoms with Crippen molar-refractivity contribution >= 4 is 11.0 Å². The first-order chi connectivity index (χ1) is 4.86. The van der Waals surface area contributed by atoms with Gasteiger partial charge in [-0.3, -0.25) is 0 Å². The molecule has 1 radical (unpaired) electrons. The molecule has 0 fully saturated rings. The van der Waals surface area contributed by atoms with Crippen molar-refractivity contribution in [3.63, 3.8) is 0 Å². The minimum absolute atomic E-state index is 0.424. The molecule has 0 aromatic carbocycles. The van der Waals surface area contributed by atoms with E-state index < -0.39 is 5.82 Å². The molecule has 0 aliphatic carbocycles. The molecule has 0 unspecified atom stereocenters. The predicted octanol–water partition coefficient (Wildman–Crippen LogP) is 1.50. The number of pyridine rings is 1. The molecule has 0 aliphatic heterocycles. The average Bonchev–Trinajstić information content (AvgIpc) is 2.33. The van der Waals surface area contributed by atoms with Crippen LogP contribution in [0.15, 0.2) is 18.3 Å². The number of nitrogens with zero attached hydrogens (tertiary/aromatic N) is 1. The average molecular weight is 135 g/mol. The molecule has 2 aromatic rings. The Morgan fingerprint density at radius 2 is 2.50 bits per heavy atom. The molecule has 0 amide bonds. The first-order valence-corrected chi connectivity index (χ1v) is 2.87. The van der Waals surface area contributed by atoms with Crippen molar-refractivity contribution in [3.05, 3.63) is 30.3 Å². The number of aromatic amines is 1. The quantitative estimate of drug-likeness (QED) is 0.582. The van der Waals surface area contributed by atoms with Crippen LogP contribution in [-0.4, -0.2) is 9.97 Å². The van der Waals surface area contributed by atoms with Crippen molar-refractivity contribution in [2.75, 3.05) is 0 Å². The number of aromatic nitrogens is 2. The van der Waals surface area contributed by atoms with E-state index in [0.29, 0.717) is 5.65 Å². The van der Waals surface area contributed by atoms with E-state index in [2.05, 4.69) is 16.2 Å². The molecule has 10 heavy (non-hydrogen) atoms. The molecule has 0 saturated heterocycles. The molecule has 2 heterocycles. The van der Waals surface area contributed by atoms with Gasteiger partial charge in [-0.05, 0) is 12.1 Å². The molecule has 0 bridgehead atoms. The zero-order valence-corrected chi connectivity index (χ0v) is 5.06. The topological polar surface area (TPSA) is 28.7 Å². The van der Waals surface area contributed by atoms with E-state index in [9.17, 15) is 4.39 Å².